The molecular formula is C23H18N7O5-3. The molecule has 2 heterocycles. The standard InChI is InChI=1S/C23H21N7O5/c24-23-29-19-18(21(33)30-23)27-15(11-26-19)10-25-14-5-3-13(4-6-14)20(32)28-17(22(34)35)9-12-1-7-16(31)8-2-12/h1-8,11,17,25,31H,9-10H2,(H,28,32)(H,34,35)(H3,24,26,29,30,33)/p-3/t17-/m0/s1. The Hall–Kier alpha value is -5.00. The van der Waals surface area contributed by atoms with E-state index in [1.165, 1.54) is 42.6 Å². The van der Waals surface area contributed by atoms with E-state index in [0.29, 0.717) is 16.9 Å². The van der Waals surface area contributed by atoms with Crippen molar-refractivity contribution in [3.05, 3.63) is 81.9 Å². The molecule has 1 atom stereocenters. The maximum Gasteiger partial charge on any atom is 0.280 e. The number of rotatable bonds is 8. The van der Waals surface area contributed by atoms with E-state index in [1.807, 2.05) is 0 Å². The van der Waals surface area contributed by atoms with Crippen LogP contribution in [0.2, 0.25) is 0 Å². The average Bonchev–Trinajstić information content (AvgIpc) is 2.84. The molecule has 0 bridgehead atoms. The average molecular weight is 472 g/mol. The molecule has 0 aliphatic heterocycles. The Morgan fingerprint density at radius 1 is 1.09 bits per heavy atom. The summed E-state index contributed by atoms with van der Waals surface area (Å²) in [5, 5.41) is 38.2. The number of nitrogens with zero attached hydrogens (tertiary/aromatic N) is 4. The summed E-state index contributed by atoms with van der Waals surface area (Å²) in [4.78, 5) is 41.8. The lowest BCUT2D eigenvalue weighted by Crippen LogP contribution is -2.38. The third-order valence-corrected chi connectivity index (χ3v) is 4.99. The zero-order valence-electron chi connectivity index (χ0n) is 18.1. The van der Waals surface area contributed by atoms with Gasteiger partial charge in [0, 0.05) is 12.1 Å². The minimum absolute atomic E-state index is 0.0483. The highest BCUT2D eigenvalue weighted by Crippen LogP contribution is 2.14. The first-order valence-electron chi connectivity index (χ1n) is 10.4. The Kier molecular flexibility index (Phi) is 6.53. The van der Waals surface area contributed by atoms with Crippen molar-refractivity contribution in [2.24, 2.45) is 4.99 Å². The molecule has 12 heteroatoms. The number of hydrogen-bond donors (Lipinski definition) is 3. The van der Waals surface area contributed by atoms with Crippen LogP contribution in [0.4, 0.5) is 11.6 Å². The van der Waals surface area contributed by atoms with Crippen molar-refractivity contribution in [3.8, 4) is 5.75 Å². The van der Waals surface area contributed by atoms with Gasteiger partial charge >= 0.3 is 0 Å². The van der Waals surface area contributed by atoms with Crippen molar-refractivity contribution < 1.29 is 20.1 Å². The minimum Gasteiger partial charge on any atom is -0.872 e. The molecule has 4 aromatic rings. The van der Waals surface area contributed by atoms with Crippen molar-refractivity contribution in [2.45, 2.75) is 19.0 Å². The smallest absolute Gasteiger partial charge is 0.280 e. The number of carbonyl (C=O) groups excluding carboxylic acids is 1. The first-order chi connectivity index (χ1) is 16.8. The van der Waals surface area contributed by atoms with Crippen LogP contribution >= 0.6 is 0 Å². The van der Waals surface area contributed by atoms with E-state index >= 15 is 0 Å². The number of aliphatic carboxylic acids is 1. The number of aliphatic imine (C=N–C) groups is 1. The summed E-state index contributed by atoms with van der Waals surface area (Å²) >= 11 is 0. The number of fused-ring (bicyclic) bond motifs is 1. The van der Waals surface area contributed by atoms with Gasteiger partial charge in [0.15, 0.2) is 11.2 Å². The second-order valence-electron chi connectivity index (χ2n) is 7.53. The number of carboxylic acids is 1. The molecule has 0 unspecified atom stereocenters. The number of nitrogen functional groups attached to an aromatic ring is 1. The van der Waals surface area contributed by atoms with Gasteiger partial charge < -0.3 is 31.2 Å². The molecule has 0 spiro atoms. The number of aromatic nitrogens is 4. The predicted octanol–water partition coefficient (Wildman–Crippen LogP) is -1.55. The second kappa shape index (κ2) is 9.87. The lowest BCUT2D eigenvalue weighted by atomic mass is 10.1. The molecular weight excluding hydrogens is 454 g/mol. The topological polar surface area (TPSA) is 208 Å². The molecule has 4 N–H and O–H groups in total. The number of hydrogen-bond acceptors (Lipinski definition) is 11. The van der Waals surface area contributed by atoms with Gasteiger partial charge in [-0.05, 0) is 29.2 Å². The highest BCUT2D eigenvalue weighted by molar-refractivity contribution is 5.92. The van der Waals surface area contributed by atoms with Gasteiger partial charge in [0.05, 0.1) is 30.4 Å². The van der Waals surface area contributed by atoms with Crippen LogP contribution in [0.3, 0.4) is 0 Å². The highest BCUT2D eigenvalue weighted by atomic mass is 16.4. The first-order valence-corrected chi connectivity index (χ1v) is 10.4. The lowest BCUT2D eigenvalue weighted by Gasteiger charge is -2.20. The molecule has 2 aromatic heterocycles. The Morgan fingerprint density at radius 3 is 2.49 bits per heavy atom. The summed E-state index contributed by atoms with van der Waals surface area (Å²) in [5.41, 5.74) is 7.06. The number of aromatic amines is 1. The van der Waals surface area contributed by atoms with Gasteiger partial charge in [-0.25, -0.2) is 9.97 Å². The van der Waals surface area contributed by atoms with Crippen molar-refractivity contribution >= 4 is 34.7 Å². The molecule has 0 saturated carbocycles. The Morgan fingerprint density at radius 2 is 1.80 bits per heavy atom. The molecule has 0 fully saturated rings. The molecule has 2 aromatic carbocycles. The quantitative estimate of drug-likeness (QED) is 0.198. The summed E-state index contributed by atoms with van der Waals surface area (Å²) in [5.74, 6) is -2.45. The number of carbonyl (C=O) groups is 1. The molecule has 0 saturated heterocycles. The summed E-state index contributed by atoms with van der Waals surface area (Å²) < 4.78 is 0. The van der Waals surface area contributed by atoms with Gasteiger partial charge in [-0.1, -0.05) is 36.4 Å². The third-order valence-electron chi connectivity index (χ3n) is 4.99. The zero-order valence-corrected chi connectivity index (χ0v) is 18.1. The molecule has 4 rings (SSSR count). The number of nitrogens with two attached hydrogens (primary N) is 1. The molecule has 178 valence electrons. The highest BCUT2D eigenvalue weighted by Gasteiger charge is 2.10. The SMILES string of the molecule is Nc1nc2ncc(CNc3ccc(C([O-])=N[C@@H](Cc4ccc([O-])cc4)C(=O)[O-])cc3)nc2c(=O)[nH]1. The van der Waals surface area contributed by atoms with Crippen molar-refractivity contribution in [1.29, 1.82) is 0 Å². The van der Waals surface area contributed by atoms with Crippen molar-refractivity contribution in [2.75, 3.05) is 11.1 Å². The zero-order chi connectivity index (χ0) is 24.9. The second-order valence-corrected chi connectivity index (χ2v) is 7.53. The van der Waals surface area contributed by atoms with Gasteiger partial charge in [-0.15, -0.1) is 5.75 Å². The van der Waals surface area contributed by atoms with Crippen LogP contribution in [0.1, 0.15) is 16.8 Å². The number of nitrogens with one attached hydrogen (secondary N) is 2. The summed E-state index contributed by atoms with van der Waals surface area (Å²) in [6.45, 7) is 0.235. The largest absolute Gasteiger partial charge is 0.872 e. The maximum absolute atomic E-state index is 12.5. The summed E-state index contributed by atoms with van der Waals surface area (Å²) in [6, 6.07) is 10.4. The van der Waals surface area contributed by atoms with Crippen LogP contribution in [0.5, 0.6) is 5.75 Å². The van der Waals surface area contributed by atoms with E-state index in [4.69, 9.17) is 5.73 Å². The van der Waals surface area contributed by atoms with Crippen LogP contribution in [0.15, 0.2) is 64.5 Å². The van der Waals surface area contributed by atoms with Gasteiger partial charge in [0.2, 0.25) is 5.95 Å². The van der Waals surface area contributed by atoms with E-state index in [1.54, 1.807) is 12.1 Å². The Bertz CT molecular complexity index is 1450. The van der Waals surface area contributed by atoms with E-state index in [2.05, 4.69) is 30.2 Å². The molecule has 12 nitrogen and oxygen atoms in total. The van der Waals surface area contributed by atoms with Gasteiger partial charge in [0.25, 0.3) is 5.56 Å². The molecule has 0 aliphatic rings. The fraction of sp³-hybridized carbons (Fsp3) is 0.130. The van der Waals surface area contributed by atoms with E-state index < -0.39 is 23.5 Å². The van der Waals surface area contributed by atoms with Crippen molar-refractivity contribution in [3.63, 3.8) is 0 Å². The molecule has 0 radical (unpaired) electrons. The minimum atomic E-state index is -1.49. The number of carboxylic acid groups (broad SMARTS) is 1. The number of benzene rings is 2. The third kappa shape index (κ3) is 5.68. The number of anilines is 2. The Labute approximate surface area is 197 Å². The fourth-order valence-corrected chi connectivity index (χ4v) is 3.23. The summed E-state index contributed by atoms with van der Waals surface area (Å²) in [6.07, 6.45) is 1.38. The van der Waals surface area contributed by atoms with Gasteiger partial charge in [-0.2, -0.15) is 4.98 Å². The molecule has 0 amide bonds. The van der Waals surface area contributed by atoms with Crippen LogP contribution in [-0.2, 0) is 17.8 Å². The first kappa shape index (κ1) is 23.2. The van der Waals surface area contributed by atoms with Gasteiger partial charge in [0.1, 0.15) is 0 Å². The lowest BCUT2D eigenvalue weighted by molar-refractivity contribution is -0.307. The monoisotopic (exact) mass is 472 g/mol. The van der Waals surface area contributed by atoms with Crippen LogP contribution in [-0.4, -0.2) is 37.8 Å². The van der Waals surface area contributed by atoms with E-state index in [9.17, 15) is 24.9 Å². The Balaban J connectivity index is 1.43. The fourth-order valence-electron chi connectivity index (χ4n) is 3.23. The van der Waals surface area contributed by atoms with Crippen LogP contribution in [0, 0.1) is 0 Å². The van der Waals surface area contributed by atoms with E-state index in [0.717, 1.165) is 0 Å². The van der Waals surface area contributed by atoms with Crippen molar-refractivity contribution in [1.82, 2.24) is 19.9 Å². The van der Waals surface area contributed by atoms with E-state index in [-0.39, 0.29) is 41.4 Å². The predicted molar refractivity (Wildman–Crippen MR) is 121 cm³/mol. The summed E-state index contributed by atoms with van der Waals surface area (Å²) in [7, 11) is 0. The van der Waals surface area contributed by atoms with Crippen LogP contribution < -0.4 is 31.9 Å². The normalized spacial score (nSPS) is 12.4. The molecule has 35 heavy (non-hydrogen) atoms. The van der Waals surface area contributed by atoms with Crippen LogP contribution in [0.25, 0.3) is 11.2 Å². The maximum atomic E-state index is 12.5. The number of H-pyrrole nitrogens is 1. The molecule has 0 aliphatic carbocycles. The van der Waals surface area contributed by atoms with Gasteiger partial charge in [-0.3, -0.25) is 14.8 Å².